The Morgan fingerprint density at radius 1 is 1.09 bits per heavy atom. The number of sulfonamides is 1. The number of rotatable bonds is 9. The Balaban J connectivity index is 1.76. The number of hydrazone groups is 1. The van der Waals surface area contributed by atoms with Gasteiger partial charge in [0.1, 0.15) is 0 Å². The zero-order valence-corrected chi connectivity index (χ0v) is 19.1. The molecule has 3 rings (SSSR count). The van der Waals surface area contributed by atoms with Crippen LogP contribution in [0.1, 0.15) is 16.7 Å². The van der Waals surface area contributed by atoms with Crippen LogP contribution in [0.2, 0.25) is 0 Å². The molecule has 0 aliphatic carbocycles. The number of hydrogen-bond donors (Lipinski definition) is 2. The molecule has 0 aliphatic heterocycles. The molecule has 0 bridgehead atoms. The minimum Gasteiger partial charge on any atom is -0.504 e. The molecule has 0 aromatic heterocycles. The van der Waals surface area contributed by atoms with E-state index >= 15 is 0 Å². The smallest absolute Gasteiger partial charge is 0.255 e. The van der Waals surface area contributed by atoms with Gasteiger partial charge in [0.05, 0.1) is 24.8 Å². The Morgan fingerprint density at radius 3 is 2.45 bits per heavy atom. The number of hydrogen-bond acceptors (Lipinski definition) is 6. The van der Waals surface area contributed by atoms with Gasteiger partial charge in [0, 0.05) is 6.54 Å². The third kappa shape index (κ3) is 6.41. The van der Waals surface area contributed by atoms with Crippen molar-refractivity contribution in [2.24, 2.45) is 5.10 Å². The highest BCUT2D eigenvalue weighted by Crippen LogP contribution is 2.25. The van der Waals surface area contributed by atoms with Crippen molar-refractivity contribution in [2.75, 3.05) is 13.7 Å². The number of nitrogens with zero attached hydrogens (tertiary/aromatic N) is 2. The van der Waals surface area contributed by atoms with Crippen LogP contribution in [0.25, 0.3) is 0 Å². The van der Waals surface area contributed by atoms with E-state index in [1.807, 2.05) is 25.1 Å². The first-order valence-corrected chi connectivity index (χ1v) is 11.5. The largest absolute Gasteiger partial charge is 0.504 e. The highest BCUT2D eigenvalue weighted by Gasteiger charge is 2.26. The van der Waals surface area contributed by atoms with Crippen LogP contribution in [0.4, 0.5) is 0 Å². The lowest BCUT2D eigenvalue weighted by Crippen LogP contribution is -2.39. The SMILES string of the molecule is COc1cc(/C=N\NC(=O)CN(Cc2ccccc2)S(=O)(=O)c2ccc(C)cc2)ccc1O. The Morgan fingerprint density at radius 2 is 1.79 bits per heavy atom. The maximum absolute atomic E-state index is 13.3. The van der Waals surface area contributed by atoms with Gasteiger partial charge in [-0.15, -0.1) is 0 Å². The maximum atomic E-state index is 13.3. The van der Waals surface area contributed by atoms with E-state index in [4.69, 9.17) is 4.74 Å². The van der Waals surface area contributed by atoms with Crippen molar-refractivity contribution < 1.29 is 23.1 Å². The van der Waals surface area contributed by atoms with Crippen molar-refractivity contribution in [3.05, 3.63) is 89.5 Å². The second-order valence-electron chi connectivity index (χ2n) is 7.30. The van der Waals surface area contributed by atoms with Crippen LogP contribution in [0.3, 0.4) is 0 Å². The summed E-state index contributed by atoms with van der Waals surface area (Å²) in [5.74, 6) is -0.344. The van der Waals surface area contributed by atoms with Gasteiger partial charge in [0.2, 0.25) is 10.0 Å². The van der Waals surface area contributed by atoms with Crippen molar-refractivity contribution in [1.82, 2.24) is 9.73 Å². The zero-order valence-electron chi connectivity index (χ0n) is 18.3. The fourth-order valence-electron chi connectivity index (χ4n) is 3.02. The minimum absolute atomic E-state index is 0.0171. The minimum atomic E-state index is -3.93. The van der Waals surface area contributed by atoms with Crippen LogP contribution in [-0.4, -0.2) is 43.6 Å². The van der Waals surface area contributed by atoms with Crippen LogP contribution >= 0.6 is 0 Å². The lowest BCUT2D eigenvalue weighted by atomic mass is 10.2. The summed E-state index contributed by atoms with van der Waals surface area (Å²) in [7, 11) is -2.50. The maximum Gasteiger partial charge on any atom is 0.255 e. The summed E-state index contributed by atoms with van der Waals surface area (Å²) in [4.78, 5) is 12.7. The molecule has 1 amide bonds. The topological polar surface area (TPSA) is 108 Å². The van der Waals surface area contributed by atoms with Crippen molar-refractivity contribution in [1.29, 1.82) is 0 Å². The van der Waals surface area contributed by atoms with Gasteiger partial charge in [-0.3, -0.25) is 4.79 Å². The second-order valence-corrected chi connectivity index (χ2v) is 9.23. The number of carbonyl (C=O) groups is 1. The molecular weight excluding hydrogens is 442 g/mol. The number of benzene rings is 3. The summed E-state index contributed by atoms with van der Waals surface area (Å²) < 4.78 is 32.7. The Bertz CT molecular complexity index is 1230. The van der Waals surface area contributed by atoms with Crippen molar-refractivity contribution >= 4 is 22.1 Å². The molecule has 0 atom stereocenters. The number of methoxy groups -OCH3 is 1. The average Bonchev–Trinajstić information content (AvgIpc) is 2.80. The molecule has 33 heavy (non-hydrogen) atoms. The van der Waals surface area contributed by atoms with Crippen molar-refractivity contribution in [2.45, 2.75) is 18.4 Å². The fourth-order valence-corrected chi connectivity index (χ4v) is 4.41. The molecule has 2 N–H and O–H groups in total. The molecule has 9 heteroatoms. The molecule has 0 saturated heterocycles. The number of phenolic OH excluding ortho intramolecular Hbond substituents is 1. The van der Waals surface area contributed by atoms with E-state index in [1.54, 1.807) is 36.4 Å². The molecule has 172 valence electrons. The zero-order chi connectivity index (χ0) is 23.8. The number of nitrogens with one attached hydrogen (secondary N) is 1. The second kappa shape index (κ2) is 10.8. The molecule has 8 nitrogen and oxygen atoms in total. The van der Waals surface area contributed by atoms with Crippen LogP contribution in [0.15, 0.2) is 82.8 Å². The number of carbonyl (C=O) groups excluding carboxylic acids is 1. The monoisotopic (exact) mass is 467 g/mol. The van der Waals surface area contributed by atoms with Crippen LogP contribution < -0.4 is 10.2 Å². The third-order valence-corrected chi connectivity index (χ3v) is 6.59. The lowest BCUT2D eigenvalue weighted by Gasteiger charge is -2.21. The predicted molar refractivity (Wildman–Crippen MR) is 126 cm³/mol. The van der Waals surface area contributed by atoms with E-state index in [-0.39, 0.29) is 22.9 Å². The predicted octanol–water partition coefficient (Wildman–Crippen LogP) is 3.05. The Kier molecular flexibility index (Phi) is 7.81. The molecule has 3 aromatic carbocycles. The van der Waals surface area contributed by atoms with E-state index in [0.717, 1.165) is 15.4 Å². The Labute approximate surface area is 193 Å². The molecule has 3 aromatic rings. The molecule has 0 unspecified atom stereocenters. The summed E-state index contributed by atoms with van der Waals surface area (Å²) in [5.41, 5.74) is 4.62. The first-order chi connectivity index (χ1) is 15.8. The van der Waals surface area contributed by atoms with Gasteiger partial charge in [-0.25, -0.2) is 13.8 Å². The first kappa shape index (κ1) is 24.0. The van der Waals surface area contributed by atoms with Gasteiger partial charge in [0.25, 0.3) is 5.91 Å². The summed E-state index contributed by atoms with van der Waals surface area (Å²) in [6, 6.07) is 20.1. The van der Waals surface area contributed by atoms with Crippen LogP contribution in [0.5, 0.6) is 11.5 Å². The molecule has 0 fully saturated rings. The molecule has 0 heterocycles. The molecular formula is C24H25N3O5S. The summed E-state index contributed by atoms with van der Waals surface area (Å²) in [5, 5.41) is 13.5. The molecule has 0 radical (unpaired) electrons. The summed E-state index contributed by atoms with van der Waals surface area (Å²) >= 11 is 0. The third-order valence-electron chi connectivity index (χ3n) is 4.79. The standard InChI is InChI=1S/C24H25N3O5S/c1-18-8-11-21(12-9-18)33(30,31)27(16-19-6-4-3-5-7-19)17-24(29)26-25-15-20-10-13-22(28)23(14-20)32-2/h3-15,28H,16-17H2,1-2H3,(H,26,29)/b25-15-. The van der Waals surface area contributed by atoms with Gasteiger partial charge in [-0.05, 0) is 48.4 Å². The summed E-state index contributed by atoms with van der Waals surface area (Å²) in [6.07, 6.45) is 1.37. The quantitative estimate of drug-likeness (QED) is 0.371. The van der Waals surface area contributed by atoms with E-state index in [1.165, 1.54) is 31.5 Å². The van der Waals surface area contributed by atoms with E-state index in [0.29, 0.717) is 5.56 Å². The van der Waals surface area contributed by atoms with E-state index < -0.39 is 22.5 Å². The number of aryl methyl sites for hydroxylation is 1. The number of aromatic hydroxyl groups is 1. The van der Waals surface area contributed by atoms with Crippen LogP contribution in [-0.2, 0) is 21.4 Å². The number of amides is 1. The van der Waals surface area contributed by atoms with Crippen molar-refractivity contribution in [3.8, 4) is 11.5 Å². The number of phenols is 1. The van der Waals surface area contributed by atoms with Crippen LogP contribution in [0, 0.1) is 6.92 Å². The fraction of sp³-hybridized carbons (Fsp3) is 0.167. The van der Waals surface area contributed by atoms with E-state index in [9.17, 15) is 18.3 Å². The summed E-state index contributed by atoms with van der Waals surface area (Å²) in [6.45, 7) is 1.48. The highest BCUT2D eigenvalue weighted by atomic mass is 32.2. The molecule has 0 aliphatic rings. The molecule has 0 saturated carbocycles. The van der Waals surface area contributed by atoms with Gasteiger partial charge in [-0.1, -0.05) is 48.0 Å². The first-order valence-electron chi connectivity index (χ1n) is 10.1. The lowest BCUT2D eigenvalue weighted by molar-refractivity contribution is -0.121. The van der Waals surface area contributed by atoms with Gasteiger partial charge < -0.3 is 9.84 Å². The normalized spacial score (nSPS) is 11.6. The molecule has 0 spiro atoms. The average molecular weight is 468 g/mol. The van der Waals surface area contributed by atoms with Crippen molar-refractivity contribution in [3.63, 3.8) is 0 Å². The number of ether oxygens (including phenoxy) is 1. The van der Waals surface area contributed by atoms with Gasteiger partial charge in [-0.2, -0.15) is 9.41 Å². The van der Waals surface area contributed by atoms with Gasteiger partial charge in [0.15, 0.2) is 11.5 Å². The van der Waals surface area contributed by atoms with E-state index in [2.05, 4.69) is 10.5 Å². The Hall–Kier alpha value is -3.69. The van der Waals surface area contributed by atoms with Gasteiger partial charge >= 0.3 is 0 Å². The highest BCUT2D eigenvalue weighted by molar-refractivity contribution is 7.89.